The van der Waals surface area contributed by atoms with E-state index in [-0.39, 0.29) is 42.7 Å². The van der Waals surface area contributed by atoms with Gasteiger partial charge in [0.2, 0.25) is 11.8 Å². The first kappa shape index (κ1) is 15.4. The standard InChI is InChI=1S/C13H17BrN4O4/c1-7(19)15-8-5-21-13-9(6-22-12(8)13)16-11(20)4-18-3-2-10(14)17-18/h2-3,8-9,12-13H,4-6H2,1H3,(H,15,19)(H,16,20)/t8-,9-,12+,13+/m0/s1. The minimum Gasteiger partial charge on any atom is -0.371 e. The van der Waals surface area contributed by atoms with E-state index in [1.165, 1.54) is 6.92 Å². The van der Waals surface area contributed by atoms with Crippen LogP contribution in [-0.2, 0) is 25.6 Å². The maximum Gasteiger partial charge on any atom is 0.242 e. The zero-order valence-electron chi connectivity index (χ0n) is 12.0. The van der Waals surface area contributed by atoms with Crippen molar-refractivity contribution in [1.82, 2.24) is 20.4 Å². The van der Waals surface area contributed by atoms with E-state index in [0.29, 0.717) is 17.8 Å². The normalized spacial score (nSPS) is 30.1. The third-order valence-corrected chi connectivity index (χ3v) is 4.13. The van der Waals surface area contributed by atoms with Gasteiger partial charge in [0.25, 0.3) is 0 Å². The predicted molar refractivity (Wildman–Crippen MR) is 78.9 cm³/mol. The van der Waals surface area contributed by atoms with Crippen LogP contribution >= 0.6 is 15.9 Å². The Bertz CT molecular complexity index is 578. The number of halogens is 1. The number of carbonyl (C=O) groups is 2. The second-order valence-electron chi connectivity index (χ2n) is 5.41. The van der Waals surface area contributed by atoms with E-state index in [9.17, 15) is 9.59 Å². The highest BCUT2D eigenvalue weighted by molar-refractivity contribution is 9.10. The predicted octanol–water partition coefficient (Wildman–Crippen LogP) is -0.567. The summed E-state index contributed by atoms with van der Waals surface area (Å²) < 4.78 is 13.6. The van der Waals surface area contributed by atoms with Gasteiger partial charge in [0.05, 0.1) is 25.3 Å². The summed E-state index contributed by atoms with van der Waals surface area (Å²) in [5, 5.41) is 9.81. The van der Waals surface area contributed by atoms with Crippen molar-refractivity contribution in [1.29, 1.82) is 0 Å². The summed E-state index contributed by atoms with van der Waals surface area (Å²) >= 11 is 3.24. The smallest absolute Gasteiger partial charge is 0.242 e. The van der Waals surface area contributed by atoms with E-state index in [0.717, 1.165) is 0 Å². The maximum atomic E-state index is 12.1. The third-order valence-electron chi connectivity index (χ3n) is 3.70. The number of nitrogens with zero attached hydrogens (tertiary/aromatic N) is 2. The number of nitrogens with one attached hydrogen (secondary N) is 2. The summed E-state index contributed by atoms with van der Waals surface area (Å²) in [5.41, 5.74) is 0. The Morgan fingerprint density at radius 3 is 2.50 bits per heavy atom. The Kier molecular flexibility index (Phi) is 4.46. The van der Waals surface area contributed by atoms with Gasteiger partial charge in [-0.05, 0) is 22.0 Å². The molecule has 0 bridgehead atoms. The van der Waals surface area contributed by atoms with Crippen molar-refractivity contribution in [3.63, 3.8) is 0 Å². The number of amides is 2. The van der Waals surface area contributed by atoms with Crippen molar-refractivity contribution in [3.8, 4) is 0 Å². The molecule has 8 nitrogen and oxygen atoms in total. The molecule has 2 N–H and O–H groups in total. The maximum absolute atomic E-state index is 12.1. The Morgan fingerprint density at radius 2 is 1.95 bits per heavy atom. The SMILES string of the molecule is CC(=O)N[C@H]1CO[C@H]2[C@@H]1OC[C@@H]2NC(=O)Cn1ccc(Br)n1. The number of aromatic nitrogens is 2. The largest absolute Gasteiger partial charge is 0.371 e. The van der Waals surface area contributed by atoms with Crippen molar-refractivity contribution in [2.45, 2.75) is 37.8 Å². The molecule has 3 heterocycles. The van der Waals surface area contributed by atoms with Gasteiger partial charge in [0.1, 0.15) is 23.4 Å². The van der Waals surface area contributed by atoms with E-state index in [1.54, 1.807) is 16.9 Å². The zero-order valence-corrected chi connectivity index (χ0v) is 13.6. The number of ether oxygens (including phenoxy) is 2. The van der Waals surface area contributed by atoms with Crippen LogP contribution in [0.1, 0.15) is 6.92 Å². The van der Waals surface area contributed by atoms with Gasteiger partial charge < -0.3 is 20.1 Å². The fourth-order valence-electron chi connectivity index (χ4n) is 2.83. The summed E-state index contributed by atoms with van der Waals surface area (Å²) in [6, 6.07) is 1.39. The van der Waals surface area contributed by atoms with Crippen molar-refractivity contribution >= 4 is 27.7 Å². The van der Waals surface area contributed by atoms with Gasteiger partial charge in [-0.25, -0.2) is 0 Å². The first-order valence-electron chi connectivity index (χ1n) is 7.01. The molecular weight excluding hydrogens is 356 g/mol. The van der Waals surface area contributed by atoms with Crippen LogP contribution in [0.3, 0.4) is 0 Å². The van der Waals surface area contributed by atoms with E-state index >= 15 is 0 Å². The lowest BCUT2D eigenvalue weighted by molar-refractivity contribution is -0.123. The average molecular weight is 373 g/mol. The van der Waals surface area contributed by atoms with E-state index in [4.69, 9.17) is 9.47 Å². The van der Waals surface area contributed by atoms with Crippen LogP contribution < -0.4 is 10.6 Å². The quantitative estimate of drug-likeness (QED) is 0.738. The van der Waals surface area contributed by atoms with Crippen molar-refractivity contribution in [2.75, 3.05) is 13.2 Å². The zero-order chi connectivity index (χ0) is 15.7. The Balaban J connectivity index is 1.54. The second kappa shape index (κ2) is 6.35. The molecule has 1 aromatic rings. The molecule has 2 aliphatic heterocycles. The summed E-state index contributed by atoms with van der Waals surface area (Å²) in [4.78, 5) is 23.2. The van der Waals surface area contributed by atoms with Crippen LogP contribution in [-0.4, -0.2) is 59.1 Å². The summed E-state index contributed by atoms with van der Waals surface area (Å²) in [6.45, 7) is 2.37. The fraction of sp³-hybridized carbons (Fsp3) is 0.615. The summed E-state index contributed by atoms with van der Waals surface area (Å²) in [6.07, 6.45) is 1.27. The minimum absolute atomic E-state index is 0.116. The molecule has 2 fully saturated rings. The average Bonchev–Trinajstić information content (AvgIpc) is 3.10. The molecule has 9 heteroatoms. The first-order valence-corrected chi connectivity index (χ1v) is 7.81. The molecular formula is C13H17BrN4O4. The molecule has 0 saturated carbocycles. The Morgan fingerprint density at radius 1 is 1.32 bits per heavy atom. The molecule has 4 atom stereocenters. The number of carbonyl (C=O) groups excluding carboxylic acids is 2. The van der Waals surface area contributed by atoms with E-state index in [1.807, 2.05) is 0 Å². The van der Waals surface area contributed by atoms with Gasteiger partial charge in [-0.15, -0.1) is 0 Å². The topological polar surface area (TPSA) is 94.5 Å². The third kappa shape index (κ3) is 3.31. The highest BCUT2D eigenvalue weighted by Gasteiger charge is 2.48. The van der Waals surface area contributed by atoms with Crippen LogP contribution in [0.4, 0.5) is 0 Å². The van der Waals surface area contributed by atoms with Crippen LogP contribution in [0.15, 0.2) is 16.9 Å². The molecule has 22 heavy (non-hydrogen) atoms. The van der Waals surface area contributed by atoms with Gasteiger partial charge in [0.15, 0.2) is 0 Å². The molecule has 120 valence electrons. The Labute approximate surface area is 135 Å². The molecule has 0 unspecified atom stereocenters. The van der Waals surface area contributed by atoms with Crippen LogP contribution in [0.5, 0.6) is 0 Å². The second-order valence-corrected chi connectivity index (χ2v) is 6.23. The molecule has 0 aromatic carbocycles. The highest BCUT2D eigenvalue weighted by atomic mass is 79.9. The molecule has 0 spiro atoms. The first-order chi connectivity index (χ1) is 10.5. The van der Waals surface area contributed by atoms with Crippen molar-refractivity contribution < 1.29 is 19.1 Å². The number of hydrogen-bond donors (Lipinski definition) is 2. The van der Waals surface area contributed by atoms with Gasteiger partial charge in [-0.3, -0.25) is 14.3 Å². The van der Waals surface area contributed by atoms with Crippen molar-refractivity contribution in [3.05, 3.63) is 16.9 Å². The van der Waals surface area contributed by atoms with Crippen LogP contribution in [0, 0.1) is 0 Å². The van der Waals surface area contributed by atoms with Crippen LogP contribution in [0.25, 0.3) is 0 Å². The van der Waals surface area contributed by atoms with Crippen molar-refractivity contribution in [2.24, 2.45) is 0 Å². The molecule has 3 rings (SSSR count). The highest BCUT2D eigenvalue weighted by Crippen LogP contribution is 2.27. The van der Waals surface area contributed by atoms with Crippen LogP contribution in [0.2, 0.25) is 0 Å². The minimum atomic E-state index is -0.231. The molecule has 2 aliphatic rings. The van der Waals surface area contributed by atoms with Gasteiger partial charge >= 0.3 is 0 Å². The van der Waals surface area contributed by atoms with Gasteiger partial charge in [-0.1, -0.05) is 0 Å². The molecule has 1 aromatic heterocycles. The van der Waals surface area contributed by atoms with E-state index in [2.05, 4.69) is 31.7 Å². The number of rotatable bonds is 4. The molecule has 2 amide bonds. The molecule has 2 saturated heterocycles. The summed E-state index contributed by atoms with van der Waals surface area (Å²) in [5.74, 6) is -0.272. The lowest BCUT2D eigenvalue weighted by Gasteiger charge is -2.18. The summed E-state index contributed by atoms with van der Waals surface area (Å²) in [7, 11) is 0. The number of hydrogen-bond acceptors (Lipinski definition) is 5. The molecule has 0 aliphatic carbocycles. The monoisotopic (exact) mass is 372 g/mol. The lowest BCUT2D eigenvalue weighted by Crippen LogP contribution is -2.47. The number of fused-ring (bicyclic) bond motifs is 1. The lowest BCUT2D eigenvalue weighted by atomic mass is 10.1. The molecule has 0 radical (unpaired) electrons. The fourth-order valence-corrected chi connectivity index (χ4v) is 3.15. The Hall–Kier alpha value is -1.45. The van der Waals surface area contributed by atoms with Gasteiger partial charge in [-0.2, -0.15) is 5.10 Å². The van der Waals surface area contributed by atoms with E-state index < -0.39 is 0 Å². The van der Waals surface area contributed by atoms with Gasteiger partial charge in [0, 0.05) is 13.1 Å².